The summed E-state index contributed by atoms with van der Waals surface area (Å²) in [5, 5.41) is 15.6. The van der Waals surface area contributed by atoms with Crippen molar-refractivity contribution in [2.45, 2.75) is 32.6 Å². The second kappa shape index (κ2) is 11.1. The zero-order valence-electron chi connectivity index (χ0n) is 20.9. The minimum absolute atomic E-state index is 0.0116. The van der Waals surface area contributed by atoms with Crippen molar-refractivity contribution in [3.05, 3.63) is 75.1 Å². The van der Waals surface area contributed by atoms with Crippen LogP contribution >= 0.6 is 0 Å². The Morgan fingerprint density at radius 1 is 1.16 bits per heavy atom. The van der Waals surface area contributed by atoms with Crippen LogP contribution < -0.4 is 14.9 Å². The van der Waals surface area contributed by atoms with Gasteiger partial charge in [-0.15, -0.1) is 0 Å². The standard InChI is InChI=1S/C24H27N5O7S/c1-6-36-24(30)22-14(2)23(25-15(22)3)16(4)26-27-20-12-9-18(29(31)32)13-21(20)37(33,34)28-17-7-10-19(35-5)11-8-17/h7-13,25,27-28H,6H2,1-5H3/b26-16-. The lowest BCUT2D eigenvalue weighted by molar-refractivity contribution is -0.385. The number of methoxy groups -OCH3 is 1. The van der Waals surface area contributed by atoms with Gasteiger partial charge in [-0.25, -0.2) is 13.2 Å². The number of nitrogens with one attached hydrogen (secondary N) is 3. The van der Waals surface area contributed by atoms with E-state index < -0.39 is 26.6 Å². The van der Waals surface area contributed by atoms with Gasteiger partial charge < -0.3 is 14.5 Å². The van der Waals surface area contributed by atoms with Gasteiger partial charge in [0, 0.05) is 23.5 Å². The number of aryl methyl sites for hydroxylation is 1. The molecule has 0 radical (unpaired) electrons. The molecule has 0 fully saturated rings. The van der Waals surface area contributed by atoms with Crippen molar-refractivity contribution in [3.8, 4) is 5.75 Å². The van der Waals surface area contributed by atoms with E-state index in [2.05, 4.69) is 20.2 Å². The van der Waals surface area contributed by atoms with E-state index in [1.54, 1.807) is 39.8 Å². The first-order valence-corrected chi connectivity index (χ1v) is 12.6. The lowest BCUT2D eigenvalue weighted by Gasteiger charge is -2.13. The average Bonchev–Trinajstić information content (AvgIpc) is 3.16. The number of esters is 1. The van der Waals surface area contributed by atoms with Crippen LogP contribution in [0.25, 0.3) is 0 Å². The Bertz CT molecular complexity index is 1460. The number of anilines is 2. The number of carbonyl (C=O) groups is 1. The number of aromatic nitrogens is 1. The molecule has 1 heterocycles. The monoisotopic (exact) mass is 529 g/mol. The van der Waals surface area contributed by atoms with Crippen LogP contribution in [-0.2, 0) is 14.8 Å². The van der Waals surface area contributed by atoms with E-state index in [9.17, 15) is 23.3 Å². The highest BCUT2D eigenvalue weighted by atomic mass is 32.2. The third-order valence-electron chi connectivity index (χ3n) is 5.43. The number of benzene rings is 2. The fourth-order valence-corrected chi connectivity index (χ4v) is 4.87. The Balaban J connectivity index is 1.97. The van der Waals surface area contributed by atoms with Crippen molar-refractivity contribution in [2.24, 2.45) is 5.10 Å². The zero-order chi connectivity index (χ0) is 27.3. The van der Waals surface area contributed by atoms with Gasteiger partial charge in [-0.05, 0) is 63.6 Å². The van der Waals surface area contributed by atoms with Gasteiger partial charge in [0.1, 0.15) is 10.6 Å². The summed E-state index contributed by atoms with van der Waals surface area (Å²) in [7, 11) is -2.77. The molecule has 0 saturated carbocycles. The number of hydrogen-bond acceptors (Lipinski definition) is 9. The van der Waals surface area contributed by atoms with Gasteiger partial charge in [-0.1, -0.05) is 0 Å². The highest BCUT2D eigenvalue weighted by molar-refractivity contribution is 7.92. The van der Waals surface area contributed by atoms with E-state index in [0.29, 0.717) is 34.0 Å². The summed E-state index contributed by atoms with van der Waals surface area (Å²) in [5.41, 5.74) is 5.12. The number of ether oxygens (including phenoxy) is 2. The Kier molecular flexibility index (Phi) is 8.17. The molecule has 1 aromatic heterocycles. The molecule has 12 nitrogen and oxygen atoms in total. The van der Waals surface area contributed by atoms with Gasteiger partial charge in [-0.2, -0.15) is 5.10 Å². The Labute approximate surface area is 213 Å². The van der Waals surface area contributed by atoms with Crippen molar-refractivity contribution in [1.82, 2.24) is 4.98 Å². The molecule has 2 aromatic carbocycles. The second-order valence-electron chi connectivity index (χ2n) is 7.93. The second-order valence-corrected chi connectivity index (χ2v) is 9.58. The molecule has 0 bridgehead atoms. The summed E-state index contributed by atoms with van der Waals surface area (Å²) in [5.74, 6) is 0.0699. The largest absolute Gasteiger partial charge is 0.497 e. The molecule has 0 spiro atoms. The molecular formula is C24H27N5O7S. The molecule has 3 N–H and O–H groups in total. The molecule has 0 aliphatic rings. The first kappa shape index (κ1) is 27.2. The Morgan fingerprint density at radius 3 is 2.43 bits per heavy atom. The summed E-state index contributed by atoms with van der Waals surface area (Å²) in [6.07, 6.45) is 0. The summed E-state index contributed by atoms with van der Waals surface area (Å²) >= 11 is 0. The number of rotatable bonds is 10. The van der Waals surface area contributed by atoms with Gasteiger partial charge >= 0.3 is 5.97 Å². The number of H-pyrrole nitrogens is 1. The number of nitro groups is 1. The smallest absolute Gasteiger partial charge is 0.340 e. The lowest BCUT2D eigenvalue weighted by atomic mass is 10.1. The van der Waals surface area contributed by atoms with Crippen LogP contribution in [0.4, 0.5) is 17.1 Å². The van der Waals surface area contributed by atoms with E-state index >= 15 is 0 Å². The number of nitro benzene ring substituents is 1. The third-order valence-corrected chi connectivity index (χ3v) is 6.85. The number of aromatic amines is 1. The van der Waals surface area contributed by atoms with E-state index in [1.807, 2.05) is 0 Å². The van der Waals surface area contributed by atoms with Crippen LogP contribution in [0.15, 0.2) is 52.5 Å². The molecule has 37 heavy (non-hydrogen) atoms. The van der Waals surface area contributed by atoms with Crippen LogP contribution in [0.2, 0.25) is 0 Å². The maximum Gasteiger partial charge on any atom is 0.340 e. The number of non-ortho nitro benzene ring substituents is 1. The van der Waals surface area contributed by atoms with Crippen LogP contribution in [0, 0.1) is 24.0 Å². The lowest BCUT2D eigenvalue weighted by Crippen LogP contribution is -2.15. The van der Waals surface area contributed by atoms with Crippen LogP contribution in [0.1, 0.15) is 41.2 Å². The quantitative estimate of drug-likeness (QED) is 0.151. The zero-order valence-corrected chi connectivity index (χ0v) is 21.7. The van der Waals surface area contributed by atoms with E-state index in [-0.39, 0.29) is 22.9 Å². The molecule has 0 aliphatic heterocycles. The maximum absolute atomic E-state index is 13.2. The molecule has 0 aliphatic carbocycles. The maximum atomic E-state index is 13.2. The van der Waals surface area contributed by atoms with Crippen molar-refractivity contribution >= 4 is 38.8 Å². The molecule has 3 aromatic rings. The van der Waals surface area contributed by atoms with E-state index in [4.69, 9.17) is 9.47 Å². The number of nitrogens with zero attached hydrogens (tertiary/aromatic N) is 2. The van der Waals surface area contributed by atoms with Gasteiger partial charge in [0.05, 0.1) is 41.3 Å². The number of hydrazone groups is 1. The normalized spacial score (nSPS) is 11.6. The molecule has 196 valence electrons. The van der Waals surface area contributed by atoms with E-state index in [0.717, 1.165) is 6.07 Å². The van der Waals surface area contributed by atoms with Gasteiger partial charge in [0.2, 0.25) is 0 Å². The Morgan fingerprint density at radius 2 is 1.84 bits per heavy atom. The minimum Gasteiger partial charge on any atom is -0.497 e. The average molecular weight is 530 g/mol. The molecule has 0 saturated heterocycles. The third kappa shape index (κ3) is 6.06. The van der Waals surface area contributed by atoms with Crippen molar-refractivity contribution in [1.29, 1.82) is 0 Å². The van der Waals surface area contributed by atoms with Crippen molar-refractivity contribution in [2.75, 3.05) is 23.9 Å². The first-order valence-electron chi connectivity index (χ1n) is 11.1. The van der Waals surface area contributed by atoms with E-state index in [1.165, 1.54) is 31.4 Å². The van der Waals surface area contributed by atoms with Gasteiger partial charge in [0.15, 0.2) is 0 Å². The molecule has 0 atom stereocenters. The SMILES string of the molecule is CCOC(=O)c1c(C)[nH]c(/C(C)=N\Nc2ccc([N+](=O)[O-])cc2S(=O)(=O)Nc2ccc(OC)cc2)c1C. The predicted octanol–water partition coefficient (Wildman–Crippen LogP) is 4.36. The van der Waals surface area contributed by atoms with Crippen LogP contribution in [-0.4, -0.2) is 43.7 Å². The fourth-order valence-electron chi connectivity index (χ4n) is 3.63. The number of carbonyl (C=O) groups excluding carboxylic acids is 1. The van der Waals surface area contributed by atoms with Crippen LogP contribution in [0.5, 0.6) is 5.75 Å². The van der Waals surface area contributed by atoms with Gasteiger partial charge in [-0.3, -0.25) is 20.3 Å². The van der Waals surface area contributed by atoms with Gasteiger partial charge in [0.25, 0.3) is 15.7 Å². The highest BCUT2D eigenvalue weighted by Gasteiger charge is 2.24. The molecule has 0 amide bonds. The summed E-state index contributed by atoms with van der Waals surface area (Å²) < 4.78 is 39.0. The number of hydrogen-bond donors (Lipinski definition) is 3. The first-order chi connectivity index (χ1) is 17.5. The highest BCUT2D eigenvalue weighted by Crippen LogP contribution is 2.29. The molecular weight excluding hydrogens is 502 g/mol. The number of sulfonamides is 1. The minimum atomic E-state index is -4.26. The molecule has 13 heteroatoms. The van der Waals surface area contributed by atoms with Crippen LogP contribution in [0.3, 0.4) is 0 Å². The summed E-state index contributed by atoms with van der Waals surface area (Å²) in [6, 6.07) is 9.52. The van der Waals surface area contributed by atoms with Crippen molar-refractivity contribution < 1.29 is 27.6 Å². The topological polar surface area (TPSA) is 165 Å². The molecule has 0 unspecified atom stereocenters. The van der Waals surface area contributed by atoms with Crippen molar-refractivity contribution in [3.63, 3.8) is 0 Å². The Hall–Kier alpha value is -4.39. The summed E-state index contributed by atoms with van der Waals surface area (Å²) in [4.78, 5) is 25.7. The molecule has 3 rings (SSSR count). The fraction of sp³-hybridized carbons (Fsp3) is 0.250. The predicted molar refractivity (Wildman–Crippen MR) is 139 cm³/mol. The summed E-state index contributed by atoms with van der Waals surface area (Å²) in [6.45, 7) is 7.08.